The third-order valence-corrected chi connectivity index (χ3v) is 4.67. The first-order chi connectivity index (χ1) is 9.54. The summed E-state index contributed by atoms with van der Waals surface area (Å²) >= 11 is 5.47. The fraction of sp³-hybridized carbons (Fsp3) is 0.294. The molecule has 0 fully saturated rings. The second-order valence-corrected chi connectivity index (χ2v) is 7.21. The molecule has 2 aromatic carbocycles. The van der Waals surface area contributed by atoms with Gasteiger partial charge in [0.2, 0.25) is 0 Å². The molecule has 0 saturated carbocycles. The van der Waals surface area contributed by atoms with Gasteiger partial charge < -0.3 is 5.32 Å². The van der Waals surface area contributed by atoms with Gasteiger partial charge >= 0.3 is 0 Å². The monoisotopic (exact) mass is 349 g/mol. The molecule has 1 N–H and O–H groups in total. The first kappa shape index (κ1) is 15.6. The quantitative estimate of drug-likeness (QED) is 0.774. The van der Waals surface area contributed by atoms with Crippen LogP contribution in [0.4, 0.5) is 0 Å². The van der Waals surface area contributed by atoms with Crippen LogP contribution in [0.25, 0.3) is 0 Å². The molecule has 2 rings (SSSR count). The lowest BCUT2D eigenvalue weighted by Crippen LogP contribution is -2.21. The van der Waals surface area contributed by atoms with Crippen molar-refractivity contribution in [1.82, 2.24) is 5.32 Å². The number of hydrogen-bond donors (Lipinski definition) is 1. The molecule has 0 bridgehead atoms. The Morgan fingerprint density at radius 3 is 2.50 bits per heavy atom. The maximum atomic E-state index is 3.67. The average Bonchev–Trinajstić information content (AvgIpc) is 2.37. The highest BCUT2D eigenvalue weighted by atomic mass is 79.9. The molecule has 0 unspecified atom stereocenters. The van der Waals surface area contributed by atoms with Gasteiger partial charge in [-0.05, 0) is 36.8 Å². The number of benzene rings is 2. The summed E-state index contributed by atoms with van der Waals surface area (Å²) in [7, 11) is 0. The molecule has 0 radical (unpaired) electrons. The zero-order valence-electron chi connectivity index (χ0n) is 12.1. The summed E-state index contributed by atoms with van der Waals surface area (Å²) in [4.78, 5) is 2.54. The van der Waals surface area contributed by atoms with Crippen molar-refractivity contribution in [1.29, 1.82) is 0 Å². The molecule has 0 aromatic heterocycles. The third kappa shape index (κ3) is 4.65. The summed E-state index contributed by atoms with van der Waals surface area (Å²) in [5, 5.41) is 3.44. The molecule has 0 amide bonds. The molecular weight excluding hydrogens is 330 g/mol. The van der Waals surface area contributed by atoms with Crippen LogP contribution in [0.5, 0.6) is 0 Å². The maximum absolute atomic E-state index is 3.67. The van der Waals surface area contributed by atoms with Crippen LogP contribution < -0.4 is 5.32 Å². The normalized spacial score (nSPS) is 11.1. The first-order valence-electron chi connectivity index (χ1n) is 6.81. The van der Waals surface area contributed by atoms with Crippen molar-refractivity contribution >= 4 is 27.7 Å². The minimum Gasteiger partial charge on any atom is -0.310 e. The largest absolute Gasteiger partial charge is 0.310 e. The lowest BCUT2D eigenvalue weighted by molar-refractivity contribution is 0.587. The summed E-state index contributed by atoms with van der Waals surface area (Å²) in [5.74, 6) is 0. The molecule has 0 spiro atoms. The lowest BCUT2D eigenvalue weighted by atomic mass is 10.2. The molecule has 106 valence electrons. The van der Waals surface area contributed by atoms with Crippen LogP contribution in [-0.2, 0) is 6.54 Å². The van der Waals surface area contributed by atoms with Gasteiger partial charge in [-0.3, -0.25) is 0 Å². The Labute approximate surface area is 134 Å². The van der Waals surface area contributed by atoms with Crippen molar-refractivity contribution in [3.63, 3.8) is 0 Å². The van der Waals surface area contributed by atoms with E-state index in [0.717, 1.165) is 6.54 Å². The van der Waals surface area contributed by atoms with Crippen molar-refractivity contribution in [2.75, 3.05) is 0 Å². The van der Waals surface area contributed by atoms with Crippen LogP contribution in [0, 0.1) is 6.92 Å². The van der Waals surface area contributed by atoms with Crippen LogP contribution in [-0.4, -0.2) is 6.04 Å². The van der Waals surface area contributed by atoms with E-state index < -0.39 is 0 Å². The smallest absolute Gasteiger partial charge is 0.0231 e. The van der Waals surface area contributed by atoms with Gasteiger partial charge in [0.25, 0.3) is 0 Å². The zero-order chi connectivity index (χ0) is 14.5. The van der Waals surface area contributed by atoms with E-state index in [9.17, 15) is 0 Å². The third-order valence-electron chi connectivity index (χ3n) is 2.95. The molecule has 0 aliphatic heterocycles. The van der Waals surface area contributed by atoms with Crippen molar-refractivity contribution in [2.45, 2.75) is 43.1 Å². The van der Waals surface area contributed by atoms with E-state index in [4.69, 9.17) is 0 Å². The van der Waals surface area contributed by atoms with Crippen molar-refractivity contribution < 1.29 is 0 Å². The molecule has 0 aliphatic rings. The van der Waals surface area contributed by atoms with Gasteiger partial charge in [0, 0.05) is 26.9 Å². The van der Waals surface area contributed by atoms with Gasteiger partial charge in [-0.25, -0.2) is 0 Å². The Morgan fingerprint density at radius 1 is 1.10 bits per heavy atom. The Hall–Kier alpha value is -0.770. The zero-order valence-corrected chi connectivity index (χ0v) is 14.5. The number of aryl methyl sites for hydroxylation is 1. The Balaban J connectivity index is 2.09. The molecule has 1 nitrogen and oxygen atoms in total. The summed E-state index contributed by atoms with van der Waals surface area (Å²) < 4.78 is 1.17. The second kappa shape index (κ2) is 7.30. The van der Waals surface area contributed by atoms with Gasteiger partial charge in [0.1, 0.15) is 0 Å². The molecule has 20 heavy (non-hydrogen) atoms. The predicted molar refractivity (Wildman–Crippen MR) is 91.4 cm³/mol. The first-order valence-corrected chi connectivity index (χ1v) is 8.42. The number of rotatable bonds is 5. The van der Waals surface area contributed by atoms with Gasteiger partial charge in [0.15, 0.2) is 0 Å². The minimum absolute atomic E-state index is 0.503. The summed E-state index contributed by atoms with van der Waals surface area (Å²) in [5.41, 5.74) is 2.60. The van der Waals surface area contributed by atoms with Crippen LogP contribution in [0.15, 0.2) is 56.7 Å². The van der Waals surface area contributed by atoms with Crippen LogP contribution in [0.3, 0.4) is 0 Å². The van der Waals surface area contributed by atoms with E-state index in [1.165, 1.54) is 25.4 Å². The highest BCUT2D eigenvalue weighted by molar-refractivity contribution is 9.10. The highest BCUT2D eigenvalue weighted by Crippen LogP contribution is 2.31. The van der Waals surface area contributed by atoms with E-state index in [1.54, 1.807) is 11.8 Å². The summed E-state index contributed by atoms with van der Waals surface area (Å²) in [6.45, 7) is 7.35. The number of hydrogen-bond acceptors (Lipinski definition) is 2. The standard InChI is InChI=1S/C17H20BrNS/c1-12(2)19-11-14-7-8-16(10-17(14)18)20-15-6-4-5-13(3)9-15/h4-10,12,19H,11H2,1-3H3. The number of nitrogens with one attached hydrogen (secondary N) is 1. The van der Waals surface area contributed by atoms with E-state index in [2.05, 4.69) is 84.5 Å². The summed E-state index contributed by atoms with van der Waals surface area (Å²) in [6, 6.07) is 15.7. The SMILES string of the molecule is Cc1cccc(Sc2ccc(CNC(C)C)c(Br)c2)c1. The van der Waals surface area contributed by atoms with Gasteiger partial charge in [0.05, 0.1) is 0 Å². The molecule has 0 atom stereocenters. The Morgan fingerprint density at radius 2 is 1.85 bits per heavy atom. The van der Waals surface area contributed by atoms with E-state index in [-0.39, 0.29) is 0 Å². The van der Waals surface area contributed by atoms with E-state index in [1.807, 2.05) is 0 Å². The lowest BCUT2D eigenvalue weighted by Gasteiger charge is -2.11. The van der Waals surface area contributed by atoms with Crippen LogP contribution >= 0.6 is 27.7 Å². The molecular formula is C17H20BrNS. The van der Waals surface area contributed by atoms with E-state index >= 15 is 0 Å². The van der Waals surface area contributed by atoms with Crippen molar-refractivity contribution in [3.05, 3.63) is 58.1 Å². The van der Waals surface area contributed by atoms with Gasteiger partial charge in [-0.15, -0.1) is 0 Å². The minimum atomic E-state index is 0.503. The van der Waals surface area contributed by atoms with Gasteiger partial charge in [-0.1, -0.05) is 65.3 Å². The molecule has 0 saturated heterocycles. The Kier molecular flexibility index (Phi) is 5.70. The predicted octanol–water partition coefficient (Wildman–Crippen LogP) is 5.41. The topological polar surface area (TPSA) is 12.0 Å². The van der Waals surface area contributed by atoms with Crippen LogP contribution in [0.1, 0.15) is 25.0 Å². The molecule has 0 aliphatic carbocycles. The summed E-state index contributed by atoms with van der Waals surface area (Å²) in [6.07, 6.45) is 0. The highest BCUT2D eigenvalue weighted by Gasteiger charge is 2.04. The number of halogens is 1. The van der Waals surface area contributed by atoms with Gasteiger partial charge in [-0.2, -0.15) is 0 Å². The van der Waals surface area contributed by atoms with Crippen molar-refractivity contribution in [2.24, 2.45) is 0 Å². The molecule has 2 aromatic rings. The van der Waals surface area contributed by atoms with Crippen molar-refractivity contribution in [3.8, 4) is 0 Å². The molecule has 0 heterocycles. The fourth-order valence-electron chi connectivity index (χ4n) is 1.86. The van der Waals surface area contributed by atoms with E-state index in [0.29, 0.717) is 6.04 Å². The maximum Gasteiger partial charge on any atom is 0.0231 e. The Bertz CT molecular complexity index is 581. The average molecular weight is 350 g/mol. The second-order valence-electron chi connectivity index (χ2n) is 5.21. The molecule has 3 heteroatoms. The fourth-order valence-corrected chi connectivity index (χ4v) is 3.51. The van der Waals surface area contributed by atoms with Crippen LogP contribution in [0.2, 0.25) is 0 Å².